The highest BCUT2D eigenvalue weighted by molar-refractivity contribution is 7.17. The van der Waals surface area contributed by atoms with E-state index in [1.165, 1.54) is 17.5 Å². The number of likely N-dealkylation sites (tertiary alicyclic amines) is 1. The summed E-state index contributed by atoms with van der Waals surface area (Å²) in [7, 11) is 0. The Labute approximate surface area is 353 Å². The molecule has 3 N–H and O–H groups in total. The normalized spacial score (nSPS) is 18.4. The Hall–Kier alpha value is -5.32. The topological polar surface area (TPSA) is 159 Å². The van der Waals surface area contributed by atoms with E-state index in [0.717, 1.165) is 107 Å². The van der Waals surface area contributed by atoms with Gasteiger partial charge in [-0.15, -0.1) is 0 Å². The molecule has 4 aromatic rings. The van der Waals surface area contributed by atoms with Crippen LogP contribution in [0, 0.1) is 19.3 Å². The van der Waals surface area contributed by atoms with Gasteiger partial charge in [-0.05, 0) is 87.4 Å². The van der Waals surface area contributed by atoms with Crippen molar-refractivity contribution in [2.24, 2.45) is 5.41 Å². The van der Waals surface area contributed by atoms with Gasteiger partial charge in [0.05, 0.1) is 16.9 Å². The Balaban J connectivity index is 0.751. The second-order valence-electron chi connectivity index (χ2n) is 16.0. The number of amides is 5. The lowest BCUT2D eigenvalue weighted by Gasteiger charge is -2.40. The van der Waals surface area contributed by atoms with E-state index >= 15 is 0 Å². The van der Waals surface area contributed by atoms with Crippen molar-refractivity contribution in [3.8, 4) is 0 Å². The number of aryl methyl sites for hydroxylation is 2. The molecule has 0 saturated carbocycles. The van der Waals surface area contributed by atoms with Crippen LogP contribution in [0.1, 0.15) is 59.6 Å². The maximum atomic E-state index is 13.4. The van der Waals surface area contributed by atoms with Crippen LogP contribution in [0.25, 0.3) is 0 Å². The molecule has 15 nitrogen and oxygen atoms in total. The Morgan fingerprint density at radius 2 is 1.64 bits per heavy atom. The number of carbonyl (C=O) groups excluding carboxylic acids is 4. The van der Waals surface area contributed by atoms with Crippen molar-refractivity contribution < 1.29 is 19.2 Å². The highest BCUT2D eigenvalue weighted by Gasteiger charge is 2.42. The molecule has 0 radical (unpaired) electrons. The van der Waals surface area contributed by atoms with Crippen LogP contribution < -0.4 is 30.7 Å². The predicted octanol–water partition coefficient (Wildman–Crippen LogP) is 6.07. The average molecular weight is 840 g/mol. The SMILES string of the molecule is Cc1nc(Nc2ncc(C(=O)Nc3c(C)cccc3Cl)s2)cc(N2CCN(CCCC(=O)N3CCC4(CCN(c5ccc(N6CCC(=O)NC6=O)cc5)CC4)C3)CC2)n1. The van der Waals surface area contributed by atoms with E-state index in [0.29, 0.717) is 51.7 Å². The lowest BCUT2D eigenvalue weighted by Crippen LogP contribution is -2.49. The second-order valence-corrected chi connectivity index (χ2v) is 17.4. The minimum absolute atomic E-state index is 0.187. The van der Waals surface area contributed by atoms with E-state index in [2.05, 4.69) is 57.7 Å². The molecule has 5 amide bonds. The van der Waals surface area contributed by atoms with Gasteiger partial charge >= 0.3 is 6.03 Å². The first-order valence-corrected chi connectivity index (χ1v) is 21.6. The number of thiazole rings is 1. The third-order valence-corrected chi connectivity index (χ3v) is 13.2. The Morgan fingerprint density at radius 1 is 0.898 bits per heavy atom. The summed E-state index contributed by atoms with van der Waals surface area (Å²) in [4.78, 5) is 75.0. The first kappa shape index (κ1) is 40.5. The van der Waals surface area contributed by atoms with Crippen molar-refractivity contribution in [1.29, 1.82) is 0 Å². The van der Waals surface area contributed by atoms with Crippen LogP contribution in [0.15, 0.2) is 54.7 Å². The second kappa shape index (κ2) is 17.5. The maximum absolute atomic E-state index is 13.4. The van der Waals surface area contributed by atoms with Crippen LogP contribution in [-0.2, 0) is 9.59 Å². The molecule has 0 bridgehead atoms. The number of aromatic nitrogens is 3. The molecule has 59 heavy (non-hydrogen) atoms. The zero-order valence-electron chi connectivity index (χ0n) is 33.5. The molecular formula is C42H50ClN11O4S. The van der Waals surface area contributed by atoms with Crippen molar-refractivity contribution in [1.82, 2.24) is 30.1 Å². The van der Waals surface area contributed by atoms with Crippen LogP contribution in [0.5, 0.6) is 0 Å². The fourth-order valence-electron chi connectivity index (χ4n) is 8.55. The van der Waals surface area contributed by atoms with Crippen LogP contribution >= 0.6 is 22.9 Å². The number of nitrogens with zero attached hydrogens (tertiary/aromatic N) is 8. The molecule has 0 atom stereocenters. The minimum atomic E-state index is -0.369. The number of piperidine rings is 1. The summed E-state index contributed by atoms with van der Waals surface area (Å²) in [5.41, 5.74) is 3.58. The molecule has 6 heterocycles. The van der Waals surface area contributed by atoms with Gasteiger partial charge < -0.3 is 25.3 Å². The molecule has 4 saturated heterocycles. The van der Waals surface area contributed by atoms with Crippen molar-refractivity contribution in [3.63, 3.8) is 0 Å². The van der Waals surface area contributed by atoms with Crippen LogP contribution in [0.2, 0.25) is 5.02 Å². The highest BCUT2D eigenvalue weighted by Crippen LogP contribution is 2.42. The van der Waals surface area contributed by atoms with Gasteiger partial charge in [0, 0.05) is 89.2 Å². The summed E-state index contributed by atoms with van der Waals surface area (Å²) in [6.45, 7) is 12.0. The van der Waals surface area contributed by atoms with Gasteiger partial charge in [0.2, 0.25) is 11.8 Å². The number of halogens is 1. The van der Waals surface area contributed by atoms with Crippen molar-refractivity contribution in [3.05, 3.63) is 76.0 Å². The monoisotopic (exact) mass is 839 g/mol. The number of nitrogens with one attached hydrogen (secondary N) is 3. The van der Waals surface area contributed by atoms with Gasteiger partial charge in [0.15, 0.2) is 5.13 Å². The number of piperazine rings is 1. The molecule has 4 aliphatic heterocycles. The number of hydrogen-bond acceptors (Lipinski definition) is 12. The lowest BCUT2D eigenvalue weighted by atomic mass is 9.77. The zero-order chi connectivity index (χ0) is 41.1. The summed E-state index contributed by atoms with van der Waals surface area (Å²) in [6, 6.07) is 15.1. The predicted molar refractivity (Wildman–Crippen MR) is 231 cm³/mol. The molecule has 1 spiro atoms. The number of para-hydroxylation sites is 1. The molecule has 0 unspecified atom stereocenters. The Morgan fingerprint density at radius 3 is 2.39 bits per heavy atom. The highest BCUT2D eigenvalue weighted by atomic mass is 35.5. The molecule has 4 aliphatic rings. The standard InChI is InChI=1S/C42H50ClN11O4S/c1-28-5-3-6-32(43)38(28)49-39(57)33-26-44-40(59-33)47-34-25-35(46-29(2)45-34)52-23-21-50(22-24-52)16-4-7-37(56)53-20-15-42(27-53)13-18-51(19-14-42)30-8-10-31(11-9-30)54-17-12-36(55)48-41(54)58/h3,5-6,8-11,25-26H,4,7,12-24,27H2,1-2H3,(H,49,57)(H,48,55,58)(H,44,45,46,47). The van der Waals surface area contributed by atoms with Crippen molar-refractivity contribution in [2.45, 2.75) is 52.4 Å². The number of rotatable bonds is 11. The number of anilines is 6. The summed E-state index contributed by atoms with van der Waals surface area (Å²) >= 11 is 7.54. The van der Waals surface area contributed by atoms with E-state index in [1.807, 2.05) is 44.2 Å². The maximum Gasteiger partial charge on any atom is 0.328 e. The molecule has 4 fully saturated rings. The lowest BCUT2D eigenvalue weighted by molar-refractivity contribution is -0.130. The number of urea groups is 1. The summed E-state index contributed by atoms with van der Waals surface area (Å²) in [5.74, 6) is 1.85. The fourth-order valence-corrected chi connectivity index (χ4v) is 9.54. The largest absolute Gasteiger partial charge is 0.371 e. The average Bonchev–Trinajstić information content (AvgIpc) is 3.87. The van der Waals surface area contributed by atoms with Crippen LogP contribution in [-0.4, -0.2) is 114 Å². The quantitative estimate of drug-likeness (QED) is 0.161. The van der Waals surface area contributed by atoms with Gasteiger partial charge in [0.1, 0.15) is 22.3 Å². The van der Waals surface area contributed by atoms with Crippen LogP contribution in [0.3, 0.4) is 0 Å². The van der Waals surface area contributed by atoms with Gasteiger partial charge in [-0.3, -0.25) is 29.5 Å². The van der Waals surface area contributed by atoms with E-state index in [4.69, 9.17) is 16.6 Å². The smallest absolute Gasteiger partial charge is 0.328 e. The van der Waals surface area contributed by atoms with Gasteiger partial charge in [-0.25, -0.2) is 19.7 Å². The van der Waals surface area contributed by atoms with Gasteiger partial charge in [0.25, 0.3) is 5.91 Å². The first-order valence-electron chi connectivity index (χ1n) is 20.4. The zero-order valence-corrected chi connectivity index (χ0v) is 35.1. The molecule has 310 valence electrons. The van der Waals surface area contributed by atoms with E-state index in [-0.39, 0.29) is 29.2 Å². The minimum Gasteiger partial charge on any atom is -0.371 e. The fraction of sp³-hybridized carbons (Fsp3) is 0.452. The number of carbonyl (C=O) groups is 4. The van der Waals surface area contributed by atoms with Crippen LogP contribution in [0.4, 0.5) is 38.6 Å². The molecule has 2 aromatic carbocycles. The van der Waals surface area contributed by atoms with E-state index < -0.39 is 0 Å². The van der Waals surface area contributed by atoms with Crippen molar-refractivity contribution in [2.75, 3.05) is 90.8 Å². The summed E-state index contributed by atoms with van der Waals surface area (Å²) in [6.07, 6.45) is 6.42. The third kappa shape index (κ3) is 9.45. The summed E-state index contributed by atoms with van der Waals surface area (Å²) < 4.78 is 0. The Kier molecular flexibility index (Phi) is 12.0. The molecule has 0 aliphatic carbocycles. The number of benzene rings is 2. The van der Waals surface area contributed by atoms with Gasteiger partial charge in [-0.2, -0.15) is 0 Å². The van der Waals surface area contributed by atoms with E-state index in [1.54, 1.807) is 11.0 Å². The van der Waals surface area contributed by atoms with Gasteiger partial charge in [-0.1, -0.05) is 35.1 Å². The number of hydrogen-bond donors (Lipinski definition) is 3. The molecule has 2 aromatic heterocycles. The molecular weight excluding hydrogens is 790 g/mol. The summed E-state index contributed by atoms with van der Waals surface area (Å²) in [5, 5.41) is 9.57. The molecule has 17 heteroatoms. The number of imide groups is 1. The first-order chi connectivity index (χ1) is 28.5. The van der Waals surface area contributed by atoms with Crippen molar-refractivity contribution >= 4 is 80.5 Å². The third-order valence-electron chi connectivity index (χ3n) is 12.0. The molecule has 8 rings (SSSR count). The Bertz CT molecular complexity index is 2180. The van der Waals surface area contributed by atoms with E-state index in [9.17, 15) is 19.2 Å².